The number of carbonyl (C=O) groups excluding carboxylic acids is 1. The first kappa shape index (κ1) is 23.2. The molecule has 0 bridgehead atoms. The minimum Gasteiger partial charge on any atom is -0.490 e. The fourth-order valence-corrected chi connectivity index (χ4v) is 5.50. The summed E-state index contributed by atoms with van der Waals surface area (Å²) in [6.45, 7) is 2.10. The molecule has 1 unspecified atom stereocenters. The highest BCUT2D eigenvalue weighted by molar-refractivity contribution is 7.18. The molecule has 9 heteroatoms. The van der Waals surface area contributed by atoms with E-state index >= 15 is 0 Å². The second kappa shape index (κ2) is 10.4. The quantitative estimate of drug-likeness (QED) is 0.586. The molecule has 0 radical (unpaired) electrons. The van der Waals surface area contributed by atoms with Gasteiger partial charge in [0.1, 0.15) is 17.7 Å². The van der Waals surface area contributed by atoms with Crippen LogP contribution in [-0.4, -0.2) is 55.5 Å². The van der Waals surface area contributed by atoms with Gasteiger partial charge in [0.05, 0.1) is 34.1 Å². The molecular formula is C25H29ClN4O3S. The smallest absolute Gasteiger partial charge is 0.261 e. The van der Waals surface area contributed by atoms with Crippen molar-refractivity contribution in [2.75, 3.05) is 26.7 Å². The molecule has 1 amide bonds. The predicted octanol–water partition coefficient (Wildman–Crippen LogP) is 4.48. The third-order valence-corrected chi connectivity index (χ3v) is 7.60. The van der Waals surface area contributed by atoms with E-state index in [9.17, 15) is 4.79 Å². The maximum absolute atomic E-state index is 12.3. The Morgan fingerprint density at radius 3 is 2.88 bits per heavy atom. The third-order valence-electron chi connectivity index (χ3n) is 6.37. The molecule has 3 heterocycles. The Balaban J connectivity index is 1.33. The standard InChI is InChI=1S/C25H29ClN4O3S/c1-30-12-11-27-24(30)16-7-8-19(21(13-16)32-17-5-3-2-4-6-17)20-14-18(33-29-20)15-28-25(31)22-9-10-23(26)34-22/h7-10,13-14,17-18,29H,2-6,11-12,15H2,1H3,(H,28,31). The molecule has 1 aromatic carbocycles. The summed E-state index contributed by atoms with van der Waals surface area (Å²) in [6, 6.07) is 9.70. The molecule has 2 aliphatic heterocycles. The molecule has 34 heavy (non-hydrogen) atoms. The summed E-state index contributed by atoms with van der Waals surface area (Å²) < 4.78 is 7.13. The summed E-state index contributed by atoms with van der Waals surface area (Å²) in [4.78, 5) is 25.5. The topological polar surface area (TPSA) is 75.2 Å². The number of nitrogens with zero attached hydrogens (tertiary/aromatic N) is 2. The van der Waals surface area contributed by atoms with Crippen molar-refractivity contribution >= 4 is 40.4 Å². The van der Waals surface area contributed by atoms with Crippen molar-refractivity contribution in [3.05, 3.63) is 56.7 Å². The Morgan fingerprint density at radius 2 is 2.15 bits per heavy atom. The van der Waals surface area contributed by atoms with Gasteiger partial charge in [0.2, 0.25) is 0 Å². The van der Waals surface area contributed by atoms with Crippen molar-refractivity contribution in [1.29, 1.82) is 0 Å². The first-order chi connectivity index (χ1) is 16.6. The normalized spacial score (nSPS) is 20.6. The Bertz CT molecular complexity index is 1110. The van der Waals surface area contributed by atoms with Crippen LogP contribution in [0.15, 0.2) is 41.4 Å². The van der Waals surface area contributed by atoms with Crippen LogP contribution < -0.4 is 15.5 Å². The Kier molecular flexibility index (Phi) is 7.08. The number of nitrogens with one attached hydrogen (secondary N) is 2. The van der Waals surface area contributed by atoms with Crippen LogP contribution in [0.3, 0.4) is 0 Å². The molecule has 180 valence electrons. The Hall–Kier alpha value is -2.55. The van der Waals surface area contributed by atoms with Gasteiger partial charge in [0.25, 0.3) is 5.91 Å². The monoisotopic (exact) mass is 500 g/mol. The molecule has 1 aliphatic carbocycles. The van der Waals surface area contributed by atoms with E-state index in [0.717, 1.165) is 54.3 Å². The lowest BCUT2D eigenvalue weighted by molar-refractivity contribution is 0.0498. The van der Waals surface area contributed by atoms with Gasteiger partial charge in [-0.3, -0.25) is 20.1 Å². The third kappa shape index (κ3) is 5.24. The van der Waals surface area contributed by atoms with Crippen LogP contribution in [0.2, 0.25) is 4.34 Å². The van der Waals surface area contributed by atoms with E-state index in [1.165, 1.54) is 30.6 Å². The molecule has 0 spiro atoms. The molecule has 1 atom stereocenters. The molecule has 3 aliphatic rings. The number of hydrogen-bond acceptors (Lipinski definition) is 7. The molecule has 2 N–H and O–H groups in total. The van der Waals surface area contributed by atoms with Crippen LogP contribution in [0.25, 0.3) is 5.70 Å². The number of hydrogen-bond donors (Lipinski definition) is 2. The van der Waals surface area contributed by atoms with E-state index < -0.39 is 0 Å². The number of benzene rings is 1. The van der Waals surface area contributed by atoms with Gasteiger partial charge in [-0.05, 0) is 56.0 Å². The molecule has 1 aromatic heterocycles. The number of amides is 1. The van der Waals surface area contributed by atoms with Crippen LogP contribution in [0.5, 0.6) is 5.75 Å². The molecule has 1 saturated carbocycles. The van der Waals surface area contributed by atoms with Crippen LogP contribution >= 0.6 is 22.9 Å². The van der Waals surface area contributed by atoms with E-state index in [-0.39, 0.29) is 18.1 Å². The van der Waals surface area contributed by atoms with E-state index in [1.54, 1.807) is 12.1 Å². The van der Waals surface area contributed by atoms with Gasteiger partial charge >= 0.3 is 0 Å². The molecule has 5 rings (SSSR count). The van der Waals surface area contributed by atoms with Crippen molar-refractivity contribution in [3.63, 3.8) is 0 Å². The van der Waals surface area contributed by atoms with Gasteiger partial charge in [-0.15, -0.1) is 11.3 Å². The maximum Gasteiger partial charge on any atom is 0.261 e. The van der Waals surface area contributed by atoms with Gasteiger partial charge in [-0.25, -0.2) is 0 Å². The lowest BCUT2D eigenvalue weighted by Gasteiger charge is -2.25. The lowest BCUT2D eigenvalue weighted by atomic mass is 9.97. The van der Waals surface area contributed by atoms with Crippen LogP contribution in [0, 0.1) is 0 Å². The molecule has 2 aromatic rings. The minimum atomic E-state index is -0.290. The summed E-state index contributed by atoms with van der Waals surface area (Å²) in [5, 5.41) is 2.91. The Morgan fingerprint density at radius 1 is 1.29 bits per heavy atom. The maximum atomic E-state index is 12.3. The van der Waals surface area contributed by atoms with E-state index in [4.69, 9.17) is 21.2 Å². The second-order valence-corrected chi connectivity index (χ2v) is 10.6. The van der Waals surface area contributed by atoms with Gasteiger partial charge in [-0.1, -0.05) is 24.1 Å². The first-order valence-electron chi connectivity index (χ1n) is 11.8. The van der Waals surface area contributed by atoms with Crippen molar-refractivity contribution in [2.45, 2.75) is 44.3 Å². The molecular weight excluding hydrogens is 472 g/mol. The Labute approximate surface area is 208 Å². The average Bonchev–Trinajstić information content (AvgIpc) is 3.59. The van der Waals surface area contributed by atoms with Crippen molar-refractivity contribution in [1.82, 2.24) is 15.7 Å². The largest absolute Gasteiger partial charge is 0.490 e. The minimum absolute atomic E-state index is 0.158. The van der Waals surface area contributed by atoms with Crippen LogP contribution in [0.4, 0.5) is 0 Å². The lowest BCUT2D eigenvalue weighted by Crippen LogP contribution is -2.31. The fourth-order valence-electron chi connectivity index (χ4n) is 4.54. The number of aliphatic imine (C=N–C) groups is 1. The van der Waals surface area contributed by atoms with Crippen molar-refractivity contribution in [2.24, 2.45) is 4.99 Å². The van der Waals surface area contributed by atoms with E-state index in [2.05, 4.69) is 45.9 Å². The number of halogens is 1. The summed E-state index contributed by atoms with van der Waals surface area (Å²) in [7, 11) is 2.07. The number of carbonyl (C=O) groups is 1. The zero-order valence-electron chi connectivity index (χ0n) is 19.2. The number of rotatable bonds is 7. The number of ether oxygens (including phenoxy) is 1. The van der Waals surface area contributed by atoms with E-state index in [0.29, 0.717) is 15.8 Å². The van der Waals surface area contributed by atoms with Crippen LogP contribution in [0.1, 0.15) is 52.9 Å². The van der Waals surface area contributed by atoms with Crippen LogP contribution in [-0.2, 0) is 4.84 Å². The highest BCUT2D eigenvalue weighted by atomic mass is 35.5. The predicted molar refractivity (Wildman–Crippen MR) is 136 cm³/mol. The summed E-state index contributed by atoms with van der Waals surface area (Å²) in [5.74, 6) is 1.68. The van der Waals surface area contributed by atoms with Gasteiger partial charge in [0, 0.05) is 24.7 Å². The van der Waals surface area contributed by atoms with Crippen molar-refractivity contribution in [3.8, 4) is 5.75 Å². The highest BCUT2D eigenvalue weighted by Crippen LogP contribution is 2.33. The zero-order chi connectivity index (χ0) is 23.5. The number of hydroxylamine groups is 1. The summed E-state index contributed by atoms with van der Waals surface area (Å²) >= 11 is 7.19. The zero-order valence-corrected chi connectivity index (χ0v) is 20.8. The van der Waals surface area contributed by atoms with Gasteiger partial charge in [0.15, 0.2) is 0 Å². The fraction of sp³-hybridized carbons (Fsp3) is 0.440. The SMILES string of the molecule is CN1CCN=C1c1ccc(C2=CC(CNC(=O)c3ccc(Cl)s3)ON2)c(OC2CCCCC2)c1. The molecule has 1 fully saturated rings. The molecule has 7 nitrogen and oxygen atoms in total. The van der Waals surface area contributed by atoms with Gasteiger partial charge < -0.3 is 15.0 Å². The highest BCUT2D eigenvalue weighted by Gasteiger charge is 2.25. The number of amidine groups is 1. The first-order valence-corrected chi connectivity index (χ1v) is 13.0. The number of thiophene rings is 1. The van der Waals surface area contributed by atoms with Crippen molar-refractivity contribution < 1.29 is 14.4 Å². The van der Waals surface area contributed by atoms with Gasteiger partial charge in [-0.2, -0.15) is 0 Å². The number of likely N-dealkylation sites (N-methyl/N-ethyl adjacent to an activating group) is 1. The average molecular weight is 501 g/mol. The summed E-state index contributed by atoms with van der Waals surface area (Å²) in [5.41, 5.74) is 5.90. The second-order valence-electron chi connectivity index (χ2n) is 8.87. The summed E-state index contributed by atoms with van der Waals surface area (Å²) in [6.07, 6.45) is 7.77. The van der Waals surface area contributed by atoms with E-state index in [1.807, 2.05) is 6.08 Å². The molecule has 0 saturated heterocycles.